The number of aromatic nitrogens is 4. The number of benzene rings is 2. The van der Waals surface area contributed by atoms with Crippen molar-refractivity contribution < 1.29 is 18.5 Å². The number of nitrogens with one attached hydrogen (secondary N) is 2. The largest absolute Gasteiger partial charge is 0.679 e. The van der Waals surface area contributed by atoms with Crippen LogP contribution < -0.4 is 5.32 Å². The number of carbonyl (C=O) groups excluding carboxylic acids is 1. The van der Waals surface area contributed by atoms with Crippen LogP contribution in [0.3, 0.4) is 0 Å². The maximum atomic E-state index is 14.6. The number of amidine groups is 1. The first kappa shape index (κ1) is 27.7. The molecule has 4 aromatic rings. The van der Waals surface area contributed by atoms with E-state index in [2.05, 4.69) is 32.5 Å². The second kappa shape index (κ2) is 12.6. The molecule has 3 heterocycles. The van der Waals surface area contributed by atoms with Gasteiger partial charge in [0.2, 0.25) is 5.91 Å². The molecule has 1 aliphatic rings. The van der Waals surface area contributed by atoms with Crippen LogP contribution in [0, 0.1) is 0 Å². The van der Waals surface area contributed by atoms with Crippen molar-refractivity contribution in [1.82, 2.24) is 24.8 Å². The molecule has 0 radical (unpaired) electrons. The van der Waals surface area contributed by atoms with Gasteiger partial charge in [0.1, 0.15) is 18.3 Å². The SMILES string of the molecule is CCCc1cn(-c2ccc(C(=C3C=CC(=NCc4ccccc4)N3B(F)F)c3ccc(NC(=O)CO)cc3)[nH]2)nn1. The fourth-order valence-corrected chi connectivity index (χ4v) is 4.54. The number of nitrogens with zero attached hydrogens (tertiary/aromatic N) is 5. The summed E-state index contributed by atoms with van der Waals surface area (Å²) in [6, 6.07) is 19.8. The molecule has 2 aromatic carbocycles. The van der Waals surface area contributed by atoms with Crippen molar-refractivity contribution in [2.75, 3.05) is 11.9 Å². The summed E-state index contributed by atoms with van der Waals surface area (Å²) in [6.07, 6.45) is 6.77. The minimum absolute atomic E-state index is 0.149. The number of aliphatic hydroxyl groups excluding tert-OH is 1. The van der Waals surface area contributed by atoms with E-state index in [9.17, 15) is 13.4 Å². The first-order chi connectivity index (χ1) is 20.0. The molecule has 208 valence electrons. The van der Waals surface area contributed by atoms with Gasteiger partial charge in [-0.2, -0.15) is 0 Å². The summed E-state index contributed by atoms with van der Waals surface area (Å²) in [5.74, 6) is 0.223. The van der Waals surface area contributed by atoms with Gasteiger partial charge in [-0.15, -0.1) is 5.10 Å². The van der Waals surface area contributed by atoms with Gasteiger partial charge in [-0.3, -0.25) is 18.4 Å². The van der Waals surface area contributed by atoms with Gasteiger partial charge < -0.3 is 20.2 Å². The van der Waals surface area contributed by atoms with Gasteiger partial charge in [-0.1, -0.05) is 61.0 Å². The number of H-pyrrole nitrogens is 1. The number of carbonyl (C=O) groups is 1. The quantitative estimate of drug-likeness (QED) is 0.247. The van der Waals surface area contributed by atoms with Gasteiger partial charge in [0.15, 0.2) is 0 Å². The van der Waals surface area contributed by atoms with Gasteiger partial charge in [0, 0.05) is 22.7 Å². The lowest BCUT2D eigenvalue weighted by molar-refractivity contribution is -0.118. The fraction of sp³-hybridized carbons (Fsp3) is 0.172. The van der Waals surface area contributed by atoms with E-state index in [4.69, 9.17) is 5.11 Å². The third kappa shape index (κ3) is 6.33. The summed E-state index contributed by atoms with van der Waals surface area (Å²) in [5, 5.41) is 20.0. The number of aromatic amines is 1. The van der Waals surface area contributed by atoms with Crippen LogP contribution >= 0.6 is 0 Å². The zero-order valence-corrected chi connectivity index (χ0v) is 22.3. The lowest BCUT2D eigenvalue weighted by Gasteiger charge is -2.22. The molecule has 0 atom stereocenters. The Morgan fingerprint density at radius 3 is 2.56 bits per heavy atom. The highest BCUT2D eigenvalue weighted by atomic mass is 19.2. The van der Waals surface area contributed by atoms with Gasteiger partial charge in [-0.25, -0.2) is 4.68 Å². The molecule has 1 aliphatic heterocycles. The number of rotatable bonds is 10. The molecule has 3 N–H and O–H groups in total. The van der Waals surface area contributed by atoms with E-state index in [0.717, 1.165) is 28.9 Å². The Hall–Kier alpha value is -4.84. The maximum Gasteiger partial charge on any atom is 0.679 e. The van der Waals surface area contributed by atoms with Crippen molar-refractivity contribution in [2.45, 2.75) is 26.3 Å². The summed E-state index contributed by atoms with van der Waals surface area (Å²) < 4.78 is 30.9. The van der Waals surface area contributed by atoms with Gasteiger partial charge in [-0.05, 0) is 54.0 Å². The highest BCUT2D eigenvalue weighted by Gasteiger charge is 2.35. The Morgan fingerprint density at radius 1 is 1.07 bits per heavy atom. The zero-order chi connectivity index (χ0) is 28.8. The summed E-state index contributed by atoms with van der Waals surface area (Å²) in [4.78, 5) is 20.3. The minimum Gasteiger partial charge on any atom is -0.387 e. The smallest absolute Gasteiger partial charge is 0.387 e. The van der Waals surface area contributed by atoms with Crippen LogP contribution in [0.15, 0.2) is 95.8 Å². The van der Waals surface area contributed by atoms with Crippen LogP contribution in [0.2, 0.25) is 0 Å². The molecule has 0 aliphatic carbocycles. The number of amides is 1. The summed E-state index contributed by atoms with van der Waals surface area (Å²) in [5.41, 5.74) is 4.20. The number of aryl methyl sites for hydroxylation is 1. The summed E-state index contributed by atoms with van der Waals surface area (Å²) in [7, 11) is -2.85. The number of hydrogen-bond donors (Lipinski definition) is 3. The average Bonchev–Trinajstić information content (AvgIpc) is 3.74. The van der Waals surface area contributed by atoms with Gasteiger partial charge in [0.25, 0.3) is 0 Å². The molecular weight excluding hydrogens is 527 g/mol. The van der Waals surface area contributed by atoms with Crippen molar-refractivity contribution in [3.63, 3.8) is 0 Å². The number of aliphatic hydroxyl groups is 1. The maximum absolute atomic E-state index is 14.6. The molecule has 9 nitrogen and oxygen atoms in total. The van der Waals surface area contributed by atoms with E-state index >= 15 is 0 Å². The topological polar surface area (TPSA) is 111 Å². The van der Waals surface area contributed by atoms with Gasteiger partial charge >= 0.3 is 7.40 Å². The van der Waals surface area contributed by atoms with Crippen LogP contribution in [-0.2, 0) is 17.8 Å². The lowest BCUT2D eigenvalue weighted by atomic mass is 9.98. The first-order valence-electron chi connectivity index (χ1n) is 13.2. The van der Waals surface area contributed by atoms with E-state index < -0.39 is 19.9 Å². The average molecular weight is 555 g/mol. The molecule has 0 bridgehead atoms. The number of anilines is 1. The Kier molecular flexibility index (Phi) is 8.49. The molecule has 2 aromatic heterocycles. The van der Waals surface area contributed by atoms with Crippen LogP contribution in [0.5, 0.6) is 0 Å². The van der Waals surface area contributed by atoms with Crippen LogP contribution in [0.25, 0.3) is 11.4 Å². The second-order valence-electron chi connectivity index (χ2n) is 9.35. The van der Waals surface area contributed by atoms with Crippen molar-refractivity contribution in [1.29, 1.82) is 0 Å². The molecule has 41 heavy (non-hydrogen) atoms. The molecule has 0 saturated heterocycles. The van der Waals surface area contributed by atoms with E-state index in [0.29, 0.717) is 28.3 Å². The molecule has 0 unspecified atom stereocenters. The van der Waals surface area contributed by atoms with Crippen LogP contribution in [0.1, 0.15) is 35.9 Å². The van der Waals surface area contributed by atoms with Crippen molar-refractivity contribution in [2.24, 2.45) is 4.99 Å². The summed E-state index contributed by atoms with van der Waals surface area (Å²) in [6.45, 7) is 1.67. The number of hydrogen-bond acceptors (Lipinski definition) is 5. The second-order valence-corrected chi connectivity index (χ2v) is 9.35. The van der Waals surface area contributed by atoms with Gasteiger partial charge in [0.05, 0.1) is 18.4 Å². The Bertz CT molecular complexity index is 1590. The molecule has 0 fully saturated rings. The predicted molar refractivity (Wildman–Crippen MR) is 154 cm³/mol. The normalized spacial score (nSPS) is 15.0. The van der Waals surface area contributed by atoms with Crippen LogP contribution in [-0.4, -0.2) is 55.6 Å². The van der Waals surface area contributed by atoms with Crippen LogP contribution in [0.4, 0.5) is 14.3 Å². The third-order valence-electron chi connectivity index (χ3n) is 6.45. The summed E-state index contributed by atoms with van der Waals surface area (Å²) >= 11 is 0. The molecular formula is C29H28BF2N7O2. The Labute approximate surface area is 236 Å². The van der Waals surface area contributed by atoms with Crippen molar-refractivity contribution in [3.8, 4) is 5.82 Å². The Morgan fingerprint density at radius 2 is 1.85 bits per heavy atom. The number of aliphatic imine (C=N–C) groups is 1. The Balaban J connectivity index is 1.57. The monoisotopic (exact) mass is 555 g/mol. The van der Waals surface area contributed by atoms with Crippen molar-refractivity contribution >= 4 is 30.4 Å². The molecule has 0 spiro atoms. The molecule has 0 saturated carbocycles. The lowest BCUT2D eigenvalue weighted by Crippen LogP contribution is -2.34. The number of allylic oxidation sites excluding steroid dienone is 1. The molecule has 5 rings (SSSR count). The van der Waals surface area contributed by atoms with Crippen molar-refractivity contribution in [3.05, 3.63) is 113 Å². The zero-order valence-electron chi connectivity index (χ0n) is 22.3. The highest BCUT2D eigenvalue weighted by Crippen LogP contribution is 2.34. The first-order valence-corrected chi connectivity index (χ1v) is 13.2. The molecule has 12 heteroatoms. The van der Waals surface area contributed by atoms with E-state index in [1.165, 1.54) is 0 Å². The third-order valence-corrected chi connectivity index (χ3v) is 6.45. The highest BCUT2D eigenvalue weighted by molar-refractivity contribution is 6.46. The molecule has 1 amide bonds. The number of halogens is 2. The standard InChI is InChI=1S/C29H28BF2N7O2/c1-2-6-23-18-38(37-36-23)27-15-13-24(35-27)29(21-9-11-22(12-10-21)34-28(41)19-40)25-14-16-26(39(25)30(31)32)33-17-20-7-4-3-5-8-20/h3-5,7-16,18,35,40H,2,6,17,19H2,1H3,(H,34,41). The van der Waals surface area contributed by atoms with E-state index in [-0.39, 0.29) is 18.1 Å². The minimum atomic E-state index is -2.85. The fourth-order valence-electron chi connectivity index (χ4n) is 4.54. The predicted octanol–water partition coefficient (Wildman–Crippen LogP) is 4.63. The van der Waals surface area contributed by atoms with E-state index in [1.54, 1.807) is 47.2 Å². The van der Waals surface area contributed by atoms with E-state index in [1.807, 2.05) is 42.6 Å².